The van der Waals surface area contributed by atoms with Crippen molar-refractivity contribution < 1.29 is 9.15 Å². The molecule has 0 N–H and O–H groups in total. The molecule has 96 valence electrons. The Hall–Kier alpha value is -1.71. The highest BCUT2D eigenvalue weighted by Gasteiger charge is 2.16. The van der Waals surface area contributed by atoms with Gasteiger partial charge in [-0.1, -0.05) is 19.3 Å². The third-order valence-electron chi connectivity index (χ3n) is 3.46. The Kier molecular flexibility index (Phi) is 3.09. The fraction of sp³-hybridized carbons (Fsp3) is 0.500. The SMILES string of the molecule is Cc1ccc(Oc2cnn(C3CCCCC3)c2)o1. The molecular weight excluding hydrogens is 228 g/mol. The Morgan fingerprint density at radius 3 is 2.83 bits per heavy atom. The molecule has 0 aliphatic heterocycles. The highest BCUT2D eigenvalue weighted by Crippen LogP contribution is 2.30. The molecular formula is C14H18N2O2. The molecule has 2 heterocycles. The second kappa shape index (κ2) is 4.88. The number of nitrogens with zero attached hydrogens (tertiary/aromatic N) is 2. The van der Waals surface area contributed by atoms with Crippen LogP contribution in [0.3, 0.4) is 0 Å². The predicted octanol–water partition coefficient (Wildman–Crippen LogP) is 4.08. The van der Waals surface area contributed by atoms with Crippen molar-refractivity contribution in [2.45, 2.75) is 45.1 Å². The second-order valence-corrected chi connectivity index (χ2v) is 4.92. The summed E-state index contributed by atoms with van der Waals surface area (Å²) in [4.78, 5) is 0. The number of aromatic nitrogens is 2. The van der Waals surface area contributed by atoms with Gasteiger partial charge in [0, 0.05) is 6.07 Å². The van der Waals surface area contributed by atoms with Crippen molar-refractivity contribution >= 4 is 0 Å². The molecule has 1 saturated carbocycles. The van der Waals surface area contributed by atoms with Gasteiger partial charge in [-0.25, -0.2) is 0 Å². The van der Waals surface area contributed by atoms with Crippen molar-refractivity contribution in [3.8, 4) is 11.7 Å². The lowest BCUT2D eigenvalue weighted by Crippen LogP contribution is -2.12. The number of aryl methyl sites for hydroxylation is 1. The molecule has 2 aromatic rings. The van der Waals surface area contributed by atoms with Crippen molar-refractivity contribution in [2.75, 3.05) is 0 Å². The van der Waals surface area contributed by atoms with E-state index in [4.69, 9.17) is 9.15 Å². The molecule has 1 aliphatic carbocycles. The van der Waals surface area contributed by atoms with Crippen LogP contribution in [0.5, 0.6) is 11.7 Å². The standard InChI is InChI=1S/C14H18N2O2/c1-11-7-8-14(17-11)18-13-9-15-16(10-13)12-5-3-2-4-6-12/h7-10,12H,2-6H2,1H3. The number of furan rings is 1. The molecule has 0 radical (unpaired) electrons. The molecule has 0 atom stereocenters. The largest absolute Gasteiger partial charge is 0.431 e. The van der Waals surface area contributed by atoms with Crippen molar-refractivity contribution in [3.63, 3.8) is 0 Å². The van der Waals surface area contributed by atoms with Gasteiger partial charge in [0.25, 0.3) is 5.95 Å². The maximum atomic E-state index is 5.62. The minimum atomic E-state index is 0.524. The van der Waals surface area contributed by atoms with Gasteiger partial charge in [-0.2, -0.15) is 5.10 Å². The van der Waals surface area contributed by atoms with Gasteiger partial charge in [-0.15, -0.1) is 0 Å². The molecule has 0 aromatic carbocycles. The zero-order valence-corrected chi connectivity index (χ0v) is 10.6. The van der Waals surface area contributed by atoms with Crippen LogP contribution in [-0.2, 0) is 0 Å². The van der Waals surface area contributed by atoms with Crippen LogP contribution < -0.4 is 4.74 Å². The molecule has 3 rings (SSSR count). The molecule has 4 nitrogen and oxygen atoms in total. The van der Waals surface area contributed by atoms with Crippen molar-refractivity contribution in [3.05, 3.63) is 30.3 Å². The summed E-state index contributed by atoms with van der Waals surface area (Å²) in [6.07, 6.45) is 10.1. The smallest absolute Gasteiger partial charge is 0.290 e. The number of hydrogen-bond donors (Lipinski definition) is 0. The minimum absolute atomic E-state index is 0.524. The van der Waals surface area contributed by atoms with Crippen molar-refractivity contribution in [2.24, 2.45) is 0 Å². The fourth-order valence-electron chi connectivity index (χ4n) is 2.50. The van der Waals surface area contributed by atoms with Crippen LogP contribution in [0.4, 0.5) is 0 Å². The van der Waals surface area contributed by atoms with Gasteiger partial charge in [0.1, 0.15) is 5.76 Å². The van der Waals surface area contributed by atoms with E-state index in [9.17, 15) is 0 Å². The zero-order chi connectivity index (χ0) is 12.4. The Balaban J connectivity index is 1.69. The van der Waals surface area contributed by atoms with E-state index in [-0.39, 0.29) is 0 Å². The fourth-order valence-corrected chi connectivity index (χ4v) is 2.50. The zero-order valence-electron chi connectivity index (χ0n) is 10.6. The molecule has 0 amide bonds. The second-order valence-electron chi connectivity index (χ2n) is 4.92. The van der Waals surface area contributed by atoms with E-state index in [2.05, 4.69) is 5.10 Å². The van der Waals surface area contributed by atoms with Gasteiger partial charge in [0.2, 0.25) is 0 Å². The van der Waals surface area contributed by atoms with Gasteiger partial charge < -0.3 is 9.15 Å². The number of ether oxygens (including phenoxy) is 1. The summed E-state index contributed by atoms with van der Waals surface area (Å²) in [6, 6.07) is 4.25. The average Bonchev–Trinajstić information content (AvgIpc) is 3.01. The summed E-state index contributed by atoms with van der Waals surface area (Å²) in [5.74, 6) is 2.12. The van der Waals surface area contributed by atoms with E-state index in [1.165, 1.54) is 32.1 Å². The summed E-state index contributed by atoms with van der Waals surface area (Å²) < 4.78 is 13.0. The highest BCUT2D eigenvalue weighted by atomic mass is 16.6. The monoisotopic (exact) mass is 246 g/mol. The lowest BCUT2D eigenvalue weighted by molar-refractivity contribution is 0.323. The van der Waals surface area contributed by atoms with Gasteiger partial charge >= 0.3 is 0 Å². The lowest BCUT2D eigenvalue weighted by Gasteiger charge is -2.21. The summed E-state index contributed by atoms with van der Waals surface area (Å²) in [5.41, 5.74) is 0. The van der Waals surface area contributed by atoms with Crippen LogP contribution in [0.1, 0.15) is 43.9 Å². The van der Waals surface area contributed by atoms with Crippen LogP contribution in [-0.4, -0.2) is 9.78 Å². The van der Waals surface area contributed by atoms with E-state index in [0.717, 1.165) is 11.5 Å². The molecule has 0 bridgehead atoms. The van der Waals surface area contributed by atoms with Crippen LogP contribution in [0, 0.1) is 6.92 Å². The van der Waals surface area contributed by atoms with Crippen LogP contribution >= 0.6 is 0 Å². The third kappa shape index (κ3) is 2.42. The Morgan fingerprint density at radius 1 is 1.28 bits per heavy atom. The van der Waals surface area contributed by atoms with E-state index >= 15 is 0 Å². The quantitative estimate of drug-likeness (QED) is 0.819. The number of rotatable bonds is 3. The molecule has 0 unspecified atom stereocenters. The van der Waals surface area contributed by atoms with Gasteiger partial charge in [0.05, 0.1) is 18.4 Å². The lowest BCUT2D eigenvalue weighted by atomic mass is 9.96. The van der Waals surface area contributed by atoms with Gasteiger partial charge in [-0.05, 0) is 25.8 Å². The molecule has 2 aromatic heterocycles. The molecule has 0 saturated heterocycles. The van der Waals surface area contributed by atoms with Gasteiger partial charge in [0.15, 0.2) is 5.75 Å². The molecule has 0 spiro atoms. The Labute approximate surface area is 107 Å². The molecule has 1 aliphatic rings. The third-order valence-corrected chi connectivity index (χ3v) is 3.46. The normalized spacial score (nSPS) is 16.9. The first-order chi connectivity index (χ1) is 8.81. The van der Waals surface area contributed by atoms with Crippen LogP contribution in [0.25, 0.3) is 0 Å². The Bertz CT molecular complexity index is 509. The first kappa shape index (κ1) is 11.4. The van der Waals surface area contributed by atoms with Gasteiger partial charge in [-0.3, -0.25) is 4.68 Å². The topological polar surface area (TPSA) is 40.2 Å². The van der Waals surface area contributed by atoms with Crippen LogP contribution in [0.15, 0.2) is 28.9 Å². The average molecular weight is 246 g/mol. The predicted molar refractivity (Wildman–Crippen MR) is 67.9 cm³/mol. The minimum Gasteiger partial charge on any atom is -0.431 e. The summed E-state index contributed by atoms with van der Waals surface area (Å²) in [7, 11) is 0. The van der Waals surface area contributed by atoms with Crippen LogP contribution in [0.2, 0.25) is 0 Å². The van der Waals surface area contributed by atoms with Crippen molar-refractivity contribution in [1.82, 2.24) is 9.78 Å². The molecule has 4 heteroatoms. The van der Waals surface area contributed by atoms with Crippen molar-refractivity contribution in [1.29, 1.82) is 0 Å². The summed E-state index contributed by atoms with van der Waals surface area (Å²) >= 11 is 0. The first-order valence-corrected chi connectivity index (χ1v) is 6.60. The maximum absolute atomic E-state index is 5.62. The van der Waals surface area contributed by atoms with E-state index in [0.29, 0.717) is 12.0 Å². The van der Waals surface area contributed by atoms with E-state index in [1.54, 1.807) is 6.20 Å². The Morgan fingerprint density at radius 2 is 2.11 bits per heavy atom. The summed E-state index contributed by atoms with van der Waals surface area (Å²) in [6.45, 7) is 1.90. The maximum Gasteiger partial charge on any atom is 0.290 e. The molecule has 18 heavy (non-hydrogen) atoms. The highest BCUT2D eigenvalue weighted by molar-refractivity contribution is 5.21. The van der Waals surface area contributed by atoms with E-state index in [1.807, 2.05) is 29.9 Å². The molecule has 1 fully saturated rings. The first-order valence-electron chi connectivity index (χ1n) is 6.60. The number of hydrogen-bond acceptors (Lipinski definition) is 3. The summed E-state index contributed by atoms with van der Waals surface area (Å²) in [5, 5.41) is 4.39. The van der Waals surface area contributed by atoms with E-state index < -0.39 is 0 Å².